The minimum absolute atomic E-state index is 0.314. The number of hydrogen-bond donors (Lipinski definition) is 0. The summed E-state index contributed by atoms with van der Waals surface area (Å²) >= 11 is 3.31. The number of benzene rings is 1. The third kappa shape index (κ3) is 2.84. The number of carbonyl (C=O) groups is 1. The number of ether oxygens (including phenoxy) is 1. The van der Waals surface area contributed by atoms with E-state index in [4.69, 9.17) is 4.74 Å². The van der Waals surface area contributed by atoms with Gasteiger partial charge in [-0.3, -0.25) is 0 Å². The van der Waals surface area contributed by atoms with Gasteiger partial charge in [0.25, 0.3) is 0 Å². The Kier molecular flexibility index (Phi) is 3.99. The van der Waals surface area contributed by atoms with Gasteiger partial charge in [-0.05, 0) is 24.6 Å². The van der Waals surface area contributed by atoms with Crippen molar-refractivity contribution in [3.8, 4) is 0 Å². The van der Waals surface area contributed by atoms with Crippen LogP contribution in [0.15, 0.2) is 28.9 Å². The Labute approximate surface area is 118 Å². The van der Waals surface area contributed by atoms with E-state index in [1.165, 1.54) is 25.4 Å². The number of rotatable bonds is 3. The Morgan fingerprint density at radius 1 is 1.53 bits per heavy atom. The Morgan fingerprint density at radius 2 is 2.26 bits per heavy atom. The molecule has 0 radical (unpaired) electrons. The first kappa shape index (κ1) is 13.7. The molecule has 6 heteroatoms. The third-order valence-electron chi connectivity index (χ3n) is 2.79. The van der Waals surface area contributed by atoms with Crippen molar-refractivity contribution >= 4 is 21.9 Å². The molecule has 0 aliphatic rings. The first-order valence-electron chi connectivity index (χ1n) is 5.57. The Balaban J connectivity index is 2.38. The first-order valence-corrected chi connectivity index (χ1v) is 6.36. The maximum atomic E-state index is 13.0. The topological polar surface area (TPSA) is 44.1 Å². The lowest BCUT2D eigenvalue weighted by Gasteiger charge is -2.10. The second kappa shape index (κ2) is 5.52. The predicted octanol–water partition coefficient (Wildman–Crippen LogP) is 2.93. The highest BCUT2D eigenvalue weighted by Crippen LogP contribution is 2.20. The minimum atomic E-state index is -0.446. The molecule has 100 valence electrons. The highest BCUT2D eigenvalue weighted by molar-refractivity contribution is 9.10. The van der Waals surface area contributed by atoms with E-state index in [-0.39, 0.29) is 5.82 Å². The average molecular weight is 327 g/mol. The van der Waals surface area contributed by atoms with E-state index in [0.717, 1.165) is 5.56 Å². The average Bonchev–Trinajstić information content (AvgIpc) is 2.73. The highest BCUT2D eigenvalue weighted by atomic mass is 79.9. The molecule has 0 aliphatic carbocycles. The summed E-state index contributed by atoms with van der Waals surface area (Å²) in [6.45, 7) is 2.21. The van der Waals surface area contributed by atoms with Gasteiger partial charge in [-0.25, -0.2) is 14.2 Å². The van der Waals surface area contributed by atoms with Crippen LogP contribution in [0, 0.1) is 12.7 Å². The molecule has 2 aromatic rings. The largest absolute Gasteiger partial charge is 0.464 e. The molecule has 19 heavy (non-hydrogen) atoms. The number of methoxy groups -OCH3 is 1. The summed E-state index contributed by atoms with van der Waals surface area (Å²) in [6, 6.07) is 4.43. The lowest BCUT2D eigenvalue weighted by molar-refractivity contribution is 0.0588. The molecular weight excluding hydrogens is 315 g/mol. The van der Waals surface area contributed by atoms with Crippen LogP contribution in [-0.4, -0.2) is 22.6 Å². The van der Waals surface area contributed by atoms with Crippen molar-refractivity contribution in [1.82, 2.24) is 9.55 Å². The van der Waals surface area contributed by atoms with Gasteiger partial charge < -0.3 is 9.30 Å². The molecule has 0 unspecified atom stereocenters. The monoisotopic (exact) mass is 326 g/mol. The van der Waals surface area contributed by atoms with Crippen molar-refractivity contribution < 1.29 is 13.9 Å². The van der Waals surface area contributed by atoms with Crippen LogP contribution in [0.2, 0.25) is 0 Å². The summed E-state index contributed by atoms with van der Waals surface area (Å²) < 4.78 is 20.1. The van der Waals surface area contributed by atoms with Gasteiger partial charge in [0.15, 0.2) is 0 Å². The molecule has 0 amide bonds. The Hall–Kier alpha value is -1.69. The van der Waals surface area contributed by atoms with Gasteiger partial charge in [0.1, 0.15) is 17.3 Å². The van der Waals surface area contributed by atoms with Gasteiger partial charge in [0.05, 0.1) is 19.9 Å². The molecule has 1 aromatic carbocycles. The fraction of sp³-hybridized carbons (Fsp3) is 0.231. The number of carbonyl (C=O) groups excluding carboxylic acids is 1. The number of halogens is 2. The summed E-state index contributed by atoms with van der Waals surface area (Å²) in [7, 11) is 1.32. The third-order valence-corrected chi connectivity index (χ3v) is 3.53. The molecule has 0 saturated heterocycles. The number of aryl methyl sites for hydroxylation is 1. The van der Waals surface area contributed by atoms with Crippen molar-refractivity contribution in [2.75, 3.05) is 7.11 Å². The molecule has 0 atom stereocenters. The van der Waals surface area contributed by atoms with Crippen LogP contribution >= 0.6 is 15.9 Å². The molecule has 0 aliphatic heterocycles. The van der Waals surface area contributed by atoms with E-state index in [2.05, 4.69) is 20.9 Å². The fourth-order valence-electron chi connectivity index (χ4n) is 1.76. The SMILES string of the molecule is COC(=O)c1cnc(C)n1Cc1ccc(F)cc1Br. The number of aromatic nitrogens is 2. The molecule has 2 rings (SSSR count). The summed E-state index contributed by atoms with van der Waals surface area (Å²) in [5.41, 5.74) is 1.23. The lowest BCUT2D eigenvalue weighted by atomic mass is 10.2. The van der Waals surface area contributed by atoms with Crippen LogP contribution in [0.1, 0.15) is 21.9 Å². The van der Waals surface area contributed by atoms with Crippen LogP contribution in [0.3, 0.4) is 0 Å². The van der Waals surface area contributed by atoms with Crippen molar-refractivity contribution in [1.29, 1.82) is 0 Å². The lowest BCUT2D eigenvalue weighted by Crippen LogP contribution is -2.13. The summed E-state index contributed by atoms with van der Waals surface area (Å²) in [5, 5.41) is 0. The van der Waals surface area contributed by atoms with Crippen molar-refractivity contribution in [2.24, 2.45) is 0 Å². The highest BCUT2D eigenvalue weighted by Gasteiger charge is 2.16. The first-order chi connectivity index (χ1) is 9.02. The van der Waals surface area contributed by atoms with Crippen molar-refractivity contribution in [3.63, 3.8) is 0 Å². The maximum absolute atomic E-state index is 13.0. The van der Waals surface area contributed by atoms with Crippen LogP contribution < -0.4 is 0 Å². The summed E-state index contributed by atoms with van der Waals surface area (Å²) in [4.78, 5) is 15.7. The molecule has 1 heterocycles. The molecule has 0 N–H and O–H groups in total. The van der Waals surface area contributed by atoms with E-state index in [0.29, 0.717) is 22.5 Å². The Bertz CT molecular complexity index is 625. The van der Waals surface area contributed by atoms with Gasteiger partial charge in [-0.1, -0.05) is 22.0 Å². The predicted molar refractivity (Wildman–Crippen MR) is 71.5 cm³/mol. The second-order valence-corrected chi connectivity index (χ2v) is 4.86. The van der Waals surface area contributed by atoms with Crippen LogP contribution in [-0.2, 0) is 11.3 Å². The van der Waals surface area contributed by atoms with Gasteiger partial charge in [0.2, 0.25) is 0 Å². The van der Waals surface area contributed by atoms with Gasteiger partial charge >= 0.3 is 5.97 Å². The van der Waals surface area contributed by atoms with Crippen LogP contribution in [0.5, 0.6) is 0 Å². The van der Waals surface area contributed by atoms with Gasteiger partial charge in [-0.15, -0.1) is 0 Å². The number of hydrogen-bond acceptors (Lipinski definition) is 3. The van der Waals surface area contributed by atoms with E-state index in [1.54, 1.807) is 17.6 Å². The fourth-order valence-corrected chi connectivity index (χ4v) is 2.23. The maximum Gasteiger partial charge on any atom is 0.356 e. The molecule has 1 aromatic heterocycles. The molecule has 0 spiro atoms. The molecule has 4 nitrogen and oxygen atoms in total. The molecule has 0 saturated carbocycles. The molecular formula is C13H12BrFN2O2. The number of esters is 1. The Morgan fingerprint density at radius 3 is 2.89 bits per heavy atom. The van der Waals surface area contributed by atoms with Gasteiger partial charge in [-0.2, -0.15) is 0 Å². The van der Waals surface area contributed by atoms with E-state index < -0.39 is 5.97 Å². The summed E-state index contributed by atoms with van der Waals surface area (Å²) in [5.74, 6) is -0.0679. The minimum Gasteiger partial charge on any atom is -0.464 e. The van der Waals surface area contributed by atoms with Crippen molar-refractivity contribution in [3.05, 3.63) is 51.8 Å². The zero-order valence-electron chi connectivity index (χ0n) is 10.5. The smallest absolute Gasteiger partial charge is 0.356 e. The van der Waals surface area contributed by atoms with E-state index in [9.17, 15) is 9.18 Å². The van der Waals surface area contributed by atoms with Crippen LogP contribution in [0.25, 0.3) is 0 Å². The van der Waals surface area contributed by atoms with Gasteiger partial charge in [0, 0.05) is 4.47 Å². The number of imidazole rings is 1. The second-order valence-electron chi connectivity index (χ2n) is 4.00. The van der Waals surface area contributed by atoms with Crippen LogP contribution in [0.4, 0.5) is 4.39 Å². The number of nitrogens with zero attached hydrogens (tertiary/aromatic N) is 2. The summed E-state index contributed by atoms with van der Waals surface area (Å²) in [6.07, 6.45) is 1.47. The van der Waals surface area contributed by atoms with E-state index in [1.807, 2.05) is 0 Å². The normalized spacial score (nSPS) is 10.5. The molecule has 0 bridgehead atoms. The quantitative estimate of drug-likeness (QED) is 0.814. The molecule has 0 fully saturated rings. The van der Waals surface area contributed by atoms with Crippen molar-refractivity contribution in [2.45, 2.75) is 13.5 Å². The zero-order chi connectivity index (χ0) is 14.0. The van der Waals surface area contributed by atoms with E-state index >= 15 is 0 Å². The standard InChI is InChI=1S/C13H12BrFN2O2/c1-8-16-6-12(13(18)19-2)17(8)7-9-3-4-10(15)5-11(9)14/h3-6H,7H2,1-2H3. The zero-order valence-corrected chi connectivity index (χ0v) is 12.1.